The summed E-state index contributed by atoms with van der Waals surface area (Å²) in [5.41, 5.74) is -0.494. The minimum absolute atomic E-state index is 0.183. The standard InChI is InChI=1S/C8H13NO3S2/c1-8(2)4-14-13-3-5(6(10)11)9-7(8)12/h5H,3-4H2,1-2H3,(H,9,12)(H,10,11). The van der Waals surface area contributed by atoms with Crippen LogP contribution in [0.15, 0.2) is 0 Å². The highest BCUT2D eigenvalue weighted by Gasteiger charge is 2.33. The molecule has 0 aromatic carbocycles. The maximum atomic E-state index is 11.6. The minimum Gasteiger partial charge on any atom is -0.480 e. The van der Waals surface area contributed by atoms with Gasteiger partial charge in [0.1, 0.15) is 6.04 Å². The molecule has 1 aliphatic rings. The molecule has 0 aromatic rings. The van der Waals surface area contributed by atoms with Crippen molar-refractivity contribution in [3.63, 3.8) is 0 Å². The maximum Gasteiger partial charge on any atom is 0.327 e. The predicted octanol–water partition coefficient (Wildman–Crippen LogP) is 0.977. The van der Waals surface area contributed by atoms with E-state index in [1.807, 2.05) is 13.8 Å². The minimum atomic E-state index is -0.968. The van der Waals surface area contributed by atoms with Crippen LogP contribution in [0.5, 0.6) is 0 Å². The summed E-state index contributed by atoms with van der Waals surface area (Å²) in [7, 11) is 3.04. The third-order valence-corrected chi connectivity index (χ3v) is 4.69. The molecule has 4 nitrogen and oxygen atoms in total. The molecule has 1 rings (SSSR count). The van der Waals surface area contributed by atoms with Crippen LogP contribution < -0.4 is 5.32 Å². The van der Waals surface area contributed by atoms with Crippen molar-refractivity contribution in [2.75, 3.05) is 11.5 Å². The summed E-state index contributed by atoms with van der Waals surface area (Å²) in [5, 5.41) is 11.3. The molecule has 1 aliphatic heterocycles. The molecule has 80 valence electrons. The van der Waals surface area contributed by atoms with E-state index < -0.39 is 17.4 Å². The molecule has 0 spiro atoms. The quantitative estimate of drug-likeness (QED) is 0.663. The van der Waals surface area contributed by atoms with E-state index in [4.69, 9.17) is 5.11 Å². The van der Waals surface area contributed by atoms with Gasteiger partial charge in [0.05, 0.1) is 5.41 Å². The Kier molecular flexibility index (Phi) is 3.71. The molecule has 1 saturated heterocycles. The molecular weight excluding hydrogens is 222 g/mol. The highest BCUT2D eigenvalue weighted by atomic mass is 33.1. The molecule has 0 radical (unpaired) electrons. The van der Waals surface area contributed by atoms with Gasteiger partial charge in [-0.25, -0.2) is 4.79 Å². The van der Waals surface area contributed by atoms with E-state index in [9.17, 15) is 9.59 Å². The zero-order valence-corrected chi connectivity index (χ0v) is 9.70. The van der Waals surface area contributed by atoms with E-state index in [1.165, 1.54) is 10.8 Å². The summed E-state index contributed by atoms with van der Waals surface area (Å²) >= 11 is 0. The van der Waals surface area contributed by atoms with Gasteiger partial charge in [-0.1, -0.05) is 35.4 Å². The van der Waals surface area contributed by atoms with Crippen molar-refractivity contribution in [3.8, 4) is 0 Å². The molecule has 14 heavy (non-hydrogen) atoms. The lowest BCUT2D eigenvalue weighted by Crippen LogP contribution is -2.49. The van der Waals surface area contributed by atoms with Gasteiger partial charge in [0.2, 0.25) is 5.91 Å². The number of rotatable bonds is 1. The summed E-state index contributed by atoms with van der Waals surface area (Å²) < 4.78 is 0. The first-order valence-electron chi connectivity index (χ1n) is 4.22. The van der Waals surface area contributed by atoms with Gasteiger partial charge in [-0.05, 0) is 0 Å². The Bertz CT molecular complexity index is 255. The Labute approximate surface area is 90.6 Å². The molecule has 0 bridgehead atoms. The average Bonchev–Trinajstić information content (AvgIpc) is 2.07. The Hall–Kier alpha value is -0.360. The van der Waals surface area contributed by atoms with Crippen LogP contribution in [0.3, 0.4) is 0 Å². The zero-order chi connectivity index (χ0) is 10.8. The fraction of sp³-hybridized carbons (Fsp3) is 0.750. The summed E-state index contributed by atoms with van der Waals surface area (Å²) in [6, 6.07) is -0.764. The number of amides is 1. The highest BCUT2D eigenvalue weighted by Crippen LogP contribution is 2.32. The van der Waals surface area contributed by atoms with Crippen LogP contribution in [0.25, 0.3) is 0 Å². The van der Waals surface area contributed by atoms with Gasteiger partial charge >= 0.3 is 5.97 Å². The van der Waals surface area contributed by atoms with Crippen LogP contribution in [0, 0.1) is 5.41 Å². The van der Waals surface area contributed by atoms with Gasteiger partial charge in [0, 0.05) is 11.5 Å². The summed E-state index contributed by atoms with van der Waals surface area (Å²) in [6.07, 6.45) is 0. The van der Waals surface area contributed by atoms with Crippen LogP contribution in [0.4, 0.5) is 0 Å². The number of carbonyl (C=O) groups excluding carboxylic acids is 1. The number of hydrogen-bond acceptors (Lipinski definition) is 4. The topological polar surface area (TPSA) is 66.4 Å². The van der Waals surface area contributed by atoms with Gasteiger partial charge in [-0.2, -0.15) is 0 Å². The number of carboxylic acids is 1. The molecule has 2 N–H and O–H groups in total. The second-order valence-electron chi connectivity index (χ2n) is 3.79. The van der Waals surface area contributed by atoms with E-state index in [0.29, 0.717) is 11.5 Å². The average molecular weight is 235 g/mol. The summed E-state index contributed by atoms with van der Waals surface area (Å²) in [4.78, 5) is 22.3. The molecule has 1 heterocycles. The normalized spacial score (nSPS) is 27.3. The first-order chi connectivity index (χ1) is 6.43. The third-order valence-electron chi connectivity index (χ3n) is 1.96. The Balaban J connectivity index is 2.71. The number of carboxylic acid groups (broad SMARTS) is 1. The molecule has 1 atom stereocenters. The van der Waals surface area contributed by atoms with Gasteiger partial charge in [0.25, 0.3) is 0 Å². The molecule has 0 aliphatic carbocycles. The van der Waals surface area contributed by atoms with E-state index >= 15 is 0 Å². The molecule has 1 fully saturated rings. The maximum absolute atomic E-state index is 11.6. The van der Waals surface area contributed by atoms with Gasteiger partial charge in [0.15, 0.2) is 0 Å². The van der Waals surface area contributed by atoms with Gasteiger partial charge in [-0.15, -0.1) is 0 Å². The van der Waals surface area contributed by atoms with Crippen LogP contribution in [0.1, 0.15) is 13.8 Å². The van der Waals surface area contributed by atoms with Crippen LogP contribution in [-0.2, 0) is 9.59 Å². The van der Waals surface area contributed by atoms with Crippen LogP contribution in [-0.4, -0.2) is 34.5 Å². The van der Waals surface area contributed by atoms with Crippen molar-refractivity contribution >= 4 is 33.5 Å². The van der Waals surface area contributed by atoms with E-state index in [1.54, 1.807) is 10.8 Å². The molecule has 1 unspecified atom stereocenters. The number of aliphatic carboxylic acids is 1. The van der Waals surface area contributed by atoms with Crippen molar-refractivity contribution in [1.82, 2.24) is 5.32 Å². The first kappa shape index (κ1) is 11.7. The lowest BCUT2D eigenvalue weighted by Gasteiger charge is -2.27. The van der Waals surface area contributed by atoms with E-state index in [-0.39, 0.29) is 5.91 Å². The van der Waals surface area contributed by atoms with Gasteiger partial charge < -0.3 is 10.4 Å². The monoisotopic (exact) mass is 235 g/mol. The van der Waals surface area contributed by atoms with Crippen LogP contribution >= 0.6 is 21.6 Å². The highest BCUT2D eigenvalue weighted by molar-refractivity contribution is 8.76. The molecule has 1 amide bonds. The van der Waals surface area contributed by atoms with E-state index in [0.717, 1.165) is 0 Å². The lowest BCUT2D eigenvalue weighted by atomic mass is 9.95. The number of carbonyl (C=O) groups is 2. The molecular formula is C8H13NO3S2. The molecule has 6 heteroatoms. The number of nitrogens with one attached hydrogen (secondary N) is 1. The fourth-order valence-corrected chi connectivity index (χ4v) is 3.70. The third kappa shape index (κ3) is 2.81. The Morgan fingerprint density at radius 3 is 2.79 bits per heavy atom. The van der Waals surface area contributed by atoms with Crippen LogP contribution in [0.2, 0.25) is 0 Å². The second kappa shape index (κ2) is 4.44. The fourth-order valence-electron chi connectivity index (χ4n) is 0.899. The molecule has 0 aromatic heterocycles. The predicted molar refractivity (Wildman–Crippen MR) is 58.3 cm³/mol. The van der Waals surface area contributed by atoms with Crippen molar-refractivity contribution in [2.24, 2.45) is 5.41 Å². The SMILES string of the molecule is CC1(C)CSSCC(C(=O)O)NC1=O. The smallest absolute Gasteiger partial charge is 0.327 e. The Morgan fingerprint density at radius 1 is 1.57 bits per heavy atom. The first-order valence-corrected chi connectivity index (χ1v) is 6.70. The number of hydrogen-bond donors (Lipinski definition) is 2. The summed E-state index contributed by atoms with van der Waals surface area (Å²) in [6.45, 7) is 3.64. The second-order valence-corrected chi connectivity index (χ2v) is 6.30. The van der Waals surface area contributed by atoms with Crippen molar-refractivity contribution < 1.29 is 14.7 Å². The largest absolute Gasteiger partial charge is 0.480 e. The Morgan fingerprint density at radius 2 is 2.21 bits per heavy atom. The summed E-state index contributed by atoms with van der Waals surface area (Å²) in [5.74, 6) is -0.0284. The van der Waals surface area contributed by atoms with E-state index in [2.05, 4.69) is 5.32 Å². The zero-order valence-electron chi connectivity index (χ0n) is 8.07. The lowest BCUT2D eigenvalue weighted by molar-refractivity contribution is -0.142. The van der Waals surface area contributed by atoms with Gasteiger partial charge in [-0.3, -0.25) is 4.79 Å². The van der Waals surface area contributed by atoms with Crippen molar-refractivity contribution in [3.05, 3.63) is 0 Å². The molecule has 0 saturated carbocycles. The van der Waals surface area contributed by atoms with Crippen molar-refractivity contribution in [1.29, 1.82) is 0 Å². The van der Waals surface area contributed by atoms with Crippen molar-refractivity contribution in [2.45, 2.75) is 19.9 Å².